The minimum absolute atomic E-state index is 0.261. The molecule has 4 heterocycles. The lowest BCUT2D eigenvalue weighted by Crippen LogP contribution is -2.29. The minimum Gasteiger partial charge on any atom is -0.463 e. The van der Waals surface area contributed by atoms with Gasteiger partial charge in [0.1, 0.15) is 11.7 Å². The zero-order chi connectivity index (χ0) is 21.4. The molecule has 0 saturated heterocycles. The highest BCUT2D eigenvalue weighted by molar-refractivity contribution is 6.11. The topological polar surface area (TPSA) is 101 Å². The van der Waals surface area contributed by atoms with E-state index in [2.05, 4.69) is 15.2 Å². The van der Waals surface area contributed by atoms with E-state index < -0.39 is 12.0 Å². The molecule has 8 heteroatoms. The summed E-state index contributed by atoms with van der Waals surface area (Å²) in [4.78, 5) is 31.5. The molecule has 3 aromatic heterocycles. The summed E-state index contributed by atoms with van der Waals surface area (Å²) in [6.07, 6.45) is 3.26. The number of nitrogens with one attached hydrogen (secondary N) is 1. The minimum atomic E-state index is -0.504. The van der Waals surface area contributed by atoms with Crippen LogP contribution in [0.3, 0.4) is 0 Å². The molecular formula is C23H18N4O4. The van der Waals surface area contributed by atoms with Crippen LogP contribution >= 0.6 is 0 Å². The maximum atomic E-state index is 13.4. The first-order valence-corrected chi connectivity index (χ1v) is 9.83. The lowest BCUT2D eigenvalue weighted by molar-refractivity contribution is 0.0526. The predicted octanol–water partition coefficient (Wildman–Crippen LogP) is 3.99. The van der Waals surface area contributed by atoms with Gasteiger partial charge in [-0.2, -0.15) is 5.10 Å². The summed E-state index contributed by atoms with van der Waals surface area (Å²) in [5.74, 6) is -0.0816. The lowest BCUT2D eigenvalue weighted by Gasteiger charge is -2.25. The molecule has 8 nitrogen and oxygen atoms in total. The summed E-state index contributed by atoms with van der Waals surface area (Å²) in [6.45, 7) is 2.05. The van der Waals surface area contributed by atoms with Crippen LogP contribution in [0, 0.1) is 0 Å². The Morgan fingerprint density at radius 2 is 2.00 bits per heavy atom. The van der Waals surface area contributed by atoms with E-state index in [1.165, 1.54) is 0 Å². The van der Waals surface area contributed by atoms with Crippen molar-refractivity contribution < 1.29 is 18.7 Å². The predicted molar refractivity (Wildman–Crippen MR) is 112 cm³/mol. The van der Waals surface area contributed by atoms with Crippen molar-refractivity contribution in [3.05, 3.63) is 89.6 Å². The van der Waals surface area contributed by atoms with Gasteiger partial charge in [-0.15, -0.1) is 0 Å². The molecule has 5 rings (SSSR count). The second-order valence-electron chi connectivity index (χ2n) is 6.94. The number of benzene rings is 1. The van der Waals surface area contributed by atoms with Crippen molar-refractivity contribution in [1.82, 2.24) is 15.2 Å². The lowest BCUT2D eigenvalue weighted by atomic mass is 10.0. The fraction of sp³-hybridized carbons (Fsp3) is 0.130. The van der Waals surface area contributed by atoms with Crippen LogP contribution in [-0.4, -0.2) is 33.7 Å². The normalized spacial score (nSPS) is 15.2. The van der Waals surface area contributed by atoms with Crippen LogP contribution in [0.4, 0.5) is 5.69 Å². The summed E-state index contributed by atoms with van der Waals surface area (Å²) in [6, 6.07) is 15.4. The number of hydrogen-bond acceptors (Lipinski definition) is 6. The number of hydrogen-bond donors (Lipinski definition) is 1. The third-order valence-corrected chi connectivity index (χ3v) is 5.15. The van der Waals surface area contributed by atoms with Gasteiger partial charge in [0, 0.05) is 17.4 Å². The molecule has 0 fully saturated rings. The molecule has 1 N–H and O–H groups in total. The fourth-order valence-electron chi connectivity index (χ4n) is 3.81. The number of carbonyl (C=O) groups is 2. The first-order chi connectivity index (χ1) is 15.2. The first-order valence-electron chi connectivity index (χ1n) is 9.83. The summed E-state index contributed by atoms with van der Waals surface area (Å²) in [5.41, 5.74) is 3.39. The van der Waals surface area contributed by atoms with Gasteiger partial charge >= 0.3 is 5.97 Å². The third-order valence-electron chi connectivity index (χ3n) is 5.15. The van der Waals surface area contributed by atoms with Gasteiger partial charge in [0.15, 0.2) is 11.5 Å². The number of pyridine rings is 1. The van der Waals surface area contributed by atoms with Crippen LogP contribution < -0.4 is 4.90 Å². The quantitative estimate of drug-likeness (QED) is 0.496. The largest absolute Gasteiger partial charge is 0.463 e. The zero-order valence-electron chi connectivity index (χ0n) is 16.6. The van der Waals surface area contributed by atoms with Gasteiger partial charge in [-0.25, -0.2) is 4.79 Å². The summed E-state index contributed by atoms with van der Waals surface area (Å²) in [5, 5.41) is 7.22. The molecule has 0 saturated carbocycles. The van der Waals surface area contributed by atoms with Crippen LogP contribution in [0.2, 0.25) is 0 Å². The Morgan fingerprint density at radius 1 is 1.16 bits per heavy atom. The highest BCUT2D eigenvalue weighted by Crippen LogP contribution is 2.44. The van der Waals surface area contributed by atoms with Gasteiger partial charge in [-0.3, -0.25) is 19.8 Å². The molecule has 0 unspecified atom stereocenters. The molecule has 4 aromatic rings. The van der Waals surface area contributed by atoms with E-state index in [9.17, 15) is 9.59 Å². The average Bonchev–Trinajstić information content (AvgIpc) is 3.52. The highest BCUT2D eigenvalue weighted by Gasteiger charge is 2.44. The van der Waals surface area contributed by atoms with Crippen molar-refractivity contribution in [2.24, 2.45) is 0 Å². The number of furan rings is 1. The van der Waals surface area contributed by atoms with Crippen molar-refractivity contribution >= 4 is 17.6 Å². The molecule has 1 aliphatic heterocycles. The van der Waals surface area contributed by atoms with E-state index in [0.29, 0.717) is 46.3 Å². The van der Waals surface area contributed by atoms with E-state index in [1.54, 1.807) is 54.6 Å². The Kier molecular flexibility index (Phi) is 4.59. The number of H-pyrrole nitrogens is 1. The molecule has 0 radical (unpaired) electrons. The van der Waals surface area contributed by atoms with Crippen molar-refractivity contribution in [3.63, 3.8) is 0 Å². The van der Waals surface area contributed by atoms with E-state index in [4.69, 9.17) is 9.15 Å². The molecule has 0 spiro atoms. The van der Waals surface area contributed by atoms with Crippen molar-refractivity contribution in [1.29, 1.82) is 0 Å². The van der Waals surface area contributed by atoms with Gasteiger partial charge in [0.25, 0.3) is 5.91 Å². The molecule has 0 aliphatic carbocycles. The van der Waals surface area contributed by atoms with Crippen LogP contribution in [-0.2, 0) is 4.74 Å². The van der Waals surface area contributed by atoms with Gasteiger partial charge in [0.2, 0.25) is 0 Å². The van der Waals surface area contributed by atoms with Gasteiger partial charge < -0.3 is 9.15 Å². The van der Waals surface area contributed by atoms with E-state index in [-0.39, 0.29) is 5.91 Å². The number of ether oxygens (including phenoxy) is 1. The van der Waals surface area contributed by atoms with Gasteiger partial charge in [-0.1, -0.05) is 6.07 Å². The second kappa shape index (κ2) is 7.56. The standard InChI is InChI=1S/C23H18N4O4/c1-2-30-23(29)14-8-10-15(11-9-14)27-21(16-6-3-4-12-24-16)18-19(17-7-5-13-31-17)25-26-20(18)22(27)28/h3-13,21H,2H2,1H3,(H,25,26)/t21-/m1/s1. The number of amides is 1. The smallest absolute Gasteiger partial charge is 0.338 e. The van der Waals surface area contributed by atoms with Crippen molar-refractivity contribution in [2.45, 2.75) is 13.0 Å². The SMILES string of the molecule is CCOC(=O)c1ccc(N2C(=O)c3n[nH]c(-c4ccco4)c3[C@H]2c2ccccn2)cc1. The maximum absolute atomic E-state index is 13.4. The third kappa shape index (κ3) is 3.09. The summed E-state index contributed by atoms with van der Waals surface area (Å²) < 4.78 is 10.6. The van der Waals surface area contributed by atoms with Gasteiger partial charge in [-0.05, 0) is 55.5 Å². The molecule has 1 aliphatic rings. The Morgan fingerprint density at radius 3 is 2.68 bits per heavy atom. The van der Waals surface area contributed by atoms with E-state index >= 15 is 0 Å². The number of esters is 1. The molecule has 1 amide bonds. The fourth-order valence-corrected chi connectivity index (χ4v) is 3.81. The van der Waals surface area contributed by atoms with Crippen molar-refractivity contribution in [3.8, 4) is 11.5 Å². The Labute approximate surface area is 177 Å². The zero-order valence-corrected chi connectivity index (χ0v) is 16.6. The monoisotopic (exact) mass is 414 g/mol. The Hall–Kier alpha value is -4.20. The number of aromatic nitrogens is 3. The van der Waals surface area contributed by atoms with Gasteiger partial charge in [0.05, 0.1) is 24.1 Å². The molecule has 1 aromatic carbocycles. The number of rotatable bonds is 5. The highest BCUT2D eigenvalue weighted by atomic mass is 16.5. The summed E-state index contributed by atoms with van der Waals surface area (Å²) >= 11 is 0. The second-order valence-corrected chi connectivity index (χ2v) is 6.94. The van der Waals surface area contributed by atoms with Crippen molar-refractivity contribution in [2.75, 3.05) is 11.5 Å². The number of aromatic amines is 1. The molecule has 1 atom stereocenters. The van der Waals surface area contributed by atoms with Crippen LogP contribution in [0.1, 0.15) is 45.1 Å². The number of anilines is 1. The maximum Gasteiger partial charge on any atom is 0.338 e. The number of fused-ring (bicyclic) bond motifs is 1. The Bertz CT molecular complexity index is 1230. The first kappa shape index (κ1) is 18.8. The molecular weight excluding hydrogens is 396 g/mol. The van der Waals surface area contributed by atoms with Crippen LogP contribution in [0.25, 0.3) is 11.5 Å². The van der Waals surface area contributed by atoms with Crippen LogP contribution in [0.15, 0.2) is 71.5 Å². The molecule has 0 bridgehead atoms. The Balaban J connectivity index is 1.62. The van der Waals surface area contributed by atoms with E-state index in [0.717, 1.165) is 0 Å². The summed E-state index contributed by atoms with van der Waals surface area (Å²) in [7, 11) is 0. The number of carbonyl (C=O) groups excluding carboxylic acids is 2. The molecule has 31 heavy (non-hydrogen) atoms. The number of nitrogens with zero attached hydrogens (tertiary/aromatic N) is 3. The average molecular weight is 414 g/mol. The van der Waals surface area contributed by atoms with E-state index in [1.807, 2.05) is 24.3 Å². The van der Waals surface area contributed by atoms with Crippen LogP contribution in [0.5, 0.6) is 0 Å². The molecule has 154 valence electrons.